The van der Waals surface area contributed by atoms with E-state index in [9.17, 15) is 18.0 Å². The van der Waals surface area contributed by atoms with Crippen LogP contribution in [-0.4, -0.2) is 50.5 Å². The van der Waals surface area contributed by atoms with Crippen molar-refractivity contribution in [3.05, 3.63) is 29.8 Å². The number of para-hydroxylation sites is 1. The van der Waals surface area contributed by atoms with Crippen molar-refractivity contribution in [3.8, 4) is 0 Å². The third-order valence-corrected chi connectivity index (χ3v) is 6.50. The zero-order valence-electron chi connectivity index (χ0n) is 17.4. The van der Waals surface area contributed by atoms with E-state index in [1.165, 1.54) is 6.42 Å². The Bertz CT molecular complexity index is 795. The van der Waals surface area contributed by atoms with Gasteiger partial charge in [0.25, 0.3) is 5.91 Å². The molecule has 1 fully saturated rings. The molecular weight excluding hydrogens is 390 g/mol. The SMILES string of the molecule is CCCCCCNC(=O)C1CCCN(C(=O)c2ccccc2NS(=O)(=O)CC)C1. The lowest BCUT2D eigenvalue weighted by molar-refractivity contribution is -0.126. The van der Waals surface area contributed by atoms with Crippen LogP contribution in [-0.2, 0) is 14.8 Å². The van der Waals surface area contributed by atoms with Crippen LogP contribution in [0.3, 0.4) is 0 Å². The molecule has 7 nitrogen and oxygen atoms in total. The molecule has 2 amide bonds. The minimum Gasteiger partial charge on any atom is -0.356 e. The summed E-state index contributed by atoms with van der Waals surface area (Å²) in [5, 5.41) is 2.99. The molecule has 0 radical (unpaired) electrons. The van der Waals surface area contributed by atoms with Gasteiger partial charge in [0.05, 0.1) is 22.9 Å². The quantitative estimate of drug-likeness (QED) is 0.566. The van der Waals surface area contributed by atoms with Crippen LogP contribution < -0.4 is 10.0 Å². The summed E-state index contributed by atoms with van der Waals surface area (Å²) in [6.07, 6.45) is 5.92. The lowest BCUT2D eigenvalue weighted by Gasteiger charge is -2.32. The fraction of sp³-hybridized carbons (Fsp3) is 0.619. The Morgan fingerprint density at radius 2 is 1.90 bits per heavy atom. The summed E-state index contributed by atoms with van der Waals surface area (Å²) >= 11 is 0. The third kappa shape index (κ3) is 7.03. The second-order valence-electron chi connectivity index (χ2n) is 7.49. The highest BCUT2D eigenvalue weighted by molar-refractivity contribution is 7.92. The fourth-order valence-electron chi connectivity index (χ4n) is 3.45. The number of unbranched alkanes of at least 4 members (excludes halogenated alkanes) is 3. The summed E-state index contributed by atoms with van der Waals surface area (Å²) in [5.74, 6) is -0.545. The molecular formula is C21H33N3O4S. The largest absolute Gasteiger partial charge is 0.356 e. The van der Waals surface area contributed by atoms with Crippen LogP contribution >= 0.6 is 0 Å². The van der Waals surface area contributed by atoms with Gasteiger partial charge in [0.1, 0.15) is 0 Å². The van der Waals surface area contributed by atoms with Crippen molar-refractivity contribution >= 4 is 27.5 Å². The standard InChI is InChI=1S/C21H33N3O4S/c1-3-5-6-9-14-22-20(25)17-11-10-15-24(16-17)21(26)18-12-7-8-13-19(18)23-29(27,28)4-2/h7-8,12-13,17,23H,3-6,9-11,14-16H2,1-2H3,(H,22,25). The van der Waals surface area contributed by atoms with E-state index in [1.54, 1.807) is 36.1 Å². The number of carbonyl (C=O) groups is 2. The van der Waals surface area contributed by atoms with Gasteiger partial charge in [0.15, 0.2) is 0 Å². The summed E-state index contributed by atoms with van der Waals surface area (Å²) < 4.78 is 26.4. The molecule has 1 aromatic carbocycles. The molecule has 8 heteroatoms. The van der Waals surface area contributed by atoms with E-state index in [2.05, 4.69) is 17.0 Å². The maximum atomic E-state index is 13.1. The topological polar surface area (TPSA) is 95.6 Å². The van der Waals surface area contributed by atoms with Crippen molar-refractivity contribution in [3.63, 3.8) is 0 Å². The number of sulfonamides is 1. The van der Waals surface area contributed by atoms with Crippen LogP contribution in [0.1, 0.15) is 62.7 Å². The summed E-state index contributed by atoms with van der Waals surface area (Å²) in [5.41, 5.74) is 0.590. The van der Waals surface area contributed by atoms with E-state index in [0.29, 0.717) is 25.2 Å². The molecule has 1 unspecified atom stereocenters. The summed E-state index contributed by atoms with van der Waals surface area (Å²) in [4.78, 5) is 27.2. The molecule has 0 bridgehead atoms. The fourth-order valence-corrected chi connectivity index (χ4v) is 4.11. The molecule has 2 rings (SSSR count). The number of anilines is 1. The first-order chi connectivity index (χ1) is 13.9. The maximum Gasteiger partial charge on any atom is 0.256 e. The molecule has 1 aromatic rings. The molecule has 1 aliphatic heterocycles. The summed E-state index contributed by atoms with van der Waals surface area (Å²) in [7, 11) is -3.49. The molecule has 0 spiro atoms. The minimum absolute atomic E-state index is 0.000954. The van der Waals surface area contributed by atoms with Gasteiger partial charge in [-0.25, -0.2) is 8.42 Å². The molecule has 162 valence electrons. The van der Waals surface area contributed by atoms with Crippen molar-refractivity contribution in [2.24, 2.45) is 5.92 Å². The predicted molar refractivity (Wildman–Crippen MR) is 115 cm³/mol. The van der Waals surface area contributed by atoms with Gasteiger partial charge in [-0.3, -0.25) is 14.3 Å². The second-order valence-corrected chi connectivity index (χ2v) is 9.50. The monoisotopic (exact) mass is 423 g/mol. The van der Waals surface area contributed by atoms with Crippen LogP contribution in [0.2, 0.25) is 0 Å². The van der Waals surface area contributed by atoms with Gasteiger partial charge in [0, 0.05) is 19.6 Å². The number of nitrogens with zero attached hydrogens (tertiary/aromatic N) is 1. The average molecular weight is 424 g/mol. The van der Waals surface area contributed by atoms with Crippen molar-refractivity contribution < 1.29 is 18.0 Å². The van der Waals surface area contributed by atoms with E-state index in [-0.39, 0.29) is 29.2 Å². The highest BCUT2D eigenvalue weighted by Crippen LogP contribution is 2.23. The molecule has 1 saturated heterocycles. The molecule has 1 aliphatic rings. The number of nitrogens with one attached hydrogen (secondary N) is 2. The Labute approximate surface area is 174 Å². The maximum absolute atomic E-state index is 13.1. The highest BCUT2D eigenvalue weighted by Gasteiger charge is 2.30. The number of benzene rings is 1. The van der Waals surface area contributed by atoms with Crippen molar-refractivity contribution in [2.45, 2.75) is 52.4 Å². The number of hydrogen-bond donors (Lipinski definition) is 2. The lowest BCUT2D eigenvalue weighted by Crippen LogP contribution is -2.45. The molecule has 0 aliphatic carbocycles. The van der Waals surface area contributed by atoms with Gasteiger partial charge in [-0.15, -0.1) is 0 Å². The molecule has 2 N–H and O–H groups in total. The van der Waals surface area contributed by atoms with Crippen molar-refractivity contribution in [2.75, 3.05) is 30.1 Å². The first kappa shape index (κ1) is 23.2. The van der Waals surface area contributed by atoms with E-state index < -0.39 is 10.0 Å². The highest BCUT2D eigenvalue weighted by atomic mass is 32.2. The van der Waals surface area contributed by atoms with Crippen LogP contribution in [0.4, 0.5) is 5.69 Å². The van der Waals surface area contributed by atoms with E-state index in [0.717, 1.165) is 32.1 Å². The molecule has 0 aromatic heterocycles. The summed E-state index contributed by atoms with van der Waals surface area (Å²) in [6, 6.07) is 6.61. The molecule has 29 heavy (non-hydrogen) atoms. The van der Waals surface area contributed by atoms with E-state index >= 15 is 0 Å². The van der Waals surface area contributed by atoms with Gasteiger partial charge < -0.3 is 10.2 Å². The molecule has 1 heterocycles. The van der Waals surface area contributed by atoms with Crippen LogP contribution in [0.15, 0.2) is 24.3 Å². The van der Waals surface area contributed by atoms with Crippen LogP contribution in [0.5, 0.6) is 0 Å². The lowest BCUT2D eigenvalue weighted by atomic mass is 9.96. The number of rotatable bonds is 10. The Hall–Kier alpha value is -2.09. The van der Waals surface area contributed by atoms with Gasteiger partial charge in [-0.05, 0) is 38.3 Å². The molecule has 0 saturated carbocycles. The van der Waals surface area contributed by atoms with Crippen LogP contribution in [0.25, 0.3) is 0 Å². The number of carbonyl (C=O) groups excluding carboxylic acids is 2. The van der Waals surface area contributed by atoms with Gasteiger partial charge in [-0.2, -0.15) is 0 Å². The Morgan fingerprint density at radius 1 is 1.14 bits per heavy atom. The van der Waals surface area contributed by atoms with Gasteiger partial charge in [-0.1, -0.05) is 38.3 Å². The minimum atomic E-state index is -3.49. The van der Waals surface area contributed by atoms with Gasteiger partial charge in [0.2, 0.25) is 15.9 Å². The summed E-state index contributed by atoms with van der Waals surface area (Å²) in [6.45, 7) is 5.29. The smallest absolute Gasteiger partial charge is 0.256 e. The Kier molecular flexibility index (Phi) is 8.95. The second kappa shape index (κ2) is 11.2. The number of piperidine rings is 1. The van der Waals surface area contributed by atoms with E-state index in [1.807, 2.05) is 0 Å². The third-order valence-electron chi connectivity index (χ3n) is 5.21. The zero-order chi connectivity index (χ0) is 21.3. The zero-order valence-corrected chi connectivity index (χ0v) is 18.3. The number of amides is 2. The molecule has 1 atom stereocenters. The predicted octanol–water partition coefficient (Wildman–Crippen LogP) is 3.00. The Balaban J connectivity index is 2.00. The first-order valence-corrected chi connectivity index (χ1v) is 12.2. The van der Waals surface area contributed by atoms with E-state index in [4.69, 9.17) is 0 Å². The first-order valence-electron chi connectivity index (χ1n) is 10.5. The van der Waals surface area contributed by atoms with Gasteiger partial charge >= 0.3 is 0 Å². The van der Waals surface area contributed by atoms with Crippen molar-refractivity contribution in [1.82, 2.24) is 10.2 Å². The average Bonchev–Trinajstić information content (AvgIpc) is 2.73. The van der Waals surface area contributed by atoms with Crippen molar-refractivity contribution in [1.29, 1.82) is 0 Å². The number of hydrogen-bond acceptors (Lipinski definition) is 4. The Morgan fingerprint density at radius 3 is 2.62 bits per heavy atom. The van der Waals surface area contributed by atoms with Crippen LogP contribution in [0, 0.1) is 5.92 Å². The number of likely N-dealkylation sites (tertiary alicyclic amines) is 1. The normalized spacial score (nSPS) is 17.0.